The molecule has 1 amide bonds. The topological polar surface area (TPSA) is 70.1 Å². The SMILES string of the molecule is CC(C)(C)OC(=O)N1CC[C@@H]2c3c(ccc(Cl)c3Cl)N(CC(=O)O)[C@H]2CC1. The van der Waals surface area contributed by atoms with E-state index in [0.717, 1.165) is 11.3 Å². The lowest BCUT2D eigenvalue weighted by Crippen LogP contribution is -2.40. The zero-order valence-corrected chi connectivity index (χ0v) is 17.2. The molecule has 27 heavy (non-hydrogen) atoms. The van der Waals surface area contributed by atoms with Crippen LogP contribution >= 0.6 is 23.2 Å². The molecule has 0 saturated carbocycles. The summed E-state index contributed by atoms with van der Waals surface area (Å²) in [4.78, 5) is 27.5. The first-order valence-electron chi connectivity index (χ1n) is 9.02. The molecule has 2 aliphatic heterocycles. The highest BCUT2D eigenvalue weighted by molar-refractivity contribution is 6.42. The minimum atomic E-state index is -0.902. The van der Waals surface area contributed by atoms with Gasteiger partial charge in [0, 0.05) is 36.3 Å². The van der Waals surface area contributed by atoms with Gasteiger partial charge in [0.15, 0.2) is 0 Å². The number of carbonyl (C=O) groups excluding carboxylic acids is 1. The number of hydrogen-bond donors (Lipinski definition) is 1. The second kappa shape index (κ2) is 7.40. The number of carbonyl (C=O) groups is 2. The van der Waals surface area contributed by atoms with Crippen LogP contribution in [0.5, 0.6) is 0 Å². The lowest BCUT2D eigenvalue weighted by atomic mass is 9.91. The van der Waals surface area contributed by atoms with Crippen LogP contribution < -0.4 is 4.90 Å². The molecule has 0 aromatic heterocycles. The summed E-state index contributed by atoms with van der Waals surface area (Å²) in [5, 5.41) is 10.3. The van der Waals surface area contributed by atoms with Gasteiger partial charge in [-0.2, -0.15) is 0 Å². The zero-order valence-electron chi connectivity index (χ0n) is 15.7. The van der Waals surface area contributed by atoms with Crippen LogP contribution in [0.1, 0.15) is 45.1 Å². The molecule has 1 aromatic rings. The Bertz CT molecular complexity index is 763. The molecule has 6 nitrogen and oxygen atoms in total. The van der Waals surface area contributed by atoms with Crippen molar-refractivity contribution in [3.8, 4) is 0 Å². The summed E-state index contributed by atoms with van der Waals surface area (Å²) < 4.78 is 5.49. The van der Waals surface area contributed by atoms with Crippen molar-refractivity contribution in [2.45, 2.75) is 51.2 Å². The Kier molecular flexibility index (Phi) is 5.50. The van der Waals surface area contributed by atoms with Crippen LogP contribution in [0.4, 0.5) is 10.5 Å². The maximum Gasteiger partial charge on any atom is 0.410 e. The number of halogens is 2. The monoisotopic (exact) mass is 414 g/mol. The third kappa shape index (κ3) is 4.11. The van der Waals surface area contributed by atoms with E-state index in [-0.39, 0.29) is 24.6 Å². The second-order valence-corrected chi connectivity index (χ2v) is 8.82. The molecule has 2 heterocycles. The van der Waals surface area contributed by atoms with Crippen molar-refractivity contribution in [3.63, 3.8) is 0 Å². The van der Waals surface area contributed by atoms with E-state index >= 15 is 0 Å². The van der Waals surface area contributed by atoms with Crippen molar-refractivity contribution >= 4 is 41.0 Å². The van der Waals surface area contributed by atoms with E-state index in [1.807, 2.05) is 31.7 Å². The van der Waals surface area contributed by atoms with Crippen molar-refractivity contribution in [3.05, 3.63) is 27.7 Å². The van der Waals surface area contributed by atoms with Crippen LogP contribution in [0.25, 0.3) is 0 Å². The second-order valence-electron chi connectivity index (χ2n) is 8.03. The average Bonchev–Trinajstić information content (AvgIpc) is 2.70. The van der Waals surface area contributed by atoms with E-state index in [4.69, 9.17) is 27.9 Å². The van der Waals surface area contributed by atoms with E-state index in [1.165, 1.54) is 0 Å². The van der Waals surface area contributed by atoms with E-state index < -0.39 is 11.6 Å². The number of nitrogens with zero attached hydrogens (tertiary/aromatic N) is 2. The molecule has 2 aliphatic rings. The molecule has 1 fully saturated rings. The molecule has 0 aliphatic carbocycles. The fourth-order valence-corrected chi connectivity index (χ4v) is 4.46. The number of hydrogen-bond acceptors (Lipinski definition) is 4. The van der Waals surface area contributed by atoms with Crippen LogP contribution in [0, 0.1) is 0 Å². The number of fused-ring (bicyclic) bond motifs is 3. The molecule has 3 rings (SSSR count). The van der Waals surface area contributed by atoms with Crippen molar-refractivity contribution in [1.29, 1.82) is 0 Å². The third-order valence-corrected chi connectivity index (χ3v) is 5.84. The standard InChI is InChI=1S/C19H24Cl2N2O4/c1-19(2,3)27-18(26)22-8-6-11-13(7-9-22)23(10-15(24)25)14-5-4-12(20)17(21)16(11)14/h4-5,11,13H,6-10H2,1-3H3,(H,24,25)/t11-,13-/m0/s1. The summed E-state index contributed by atoms with van der Waals surface area (Å²) in [7, 11) is 0. The summed E-state index contributed by atoms with van der Waals surface area (Å²) >= 11 is 12.7. The third-order valence-electron chi connectivity index (χ3n) is 5.02. The zero-order chi connectivity index (χ0) is 19.9. The smallest absolute Gasteiger partial charge is 0.410 e. The van der Waals surface area contributed by atoms with Crippen molar-refractivity contribution < 1.29 is 19.4 Å². The molecule has 148 valence electrons. The highest BCUT2D eigenvalue weighted by Gasteiger charge is 2.43. The number of rotatable bonds is 2. The van der Waals surface area contributed by atoms with E-state index in [1.54, 1.807) is 11.0 Å². The normalized spacial score (nSPS) is 22.1. The van der Waals surface area contributed by atoms with Crippen LogP contribution in [-0.4, -0.2) is 53.3 Å². The Hall–Kier alpha value is -1.66. The molecule has 2 atom stereocenters. The van der Waals surface area contributed by atoms with Crippen molar-refractivity contribution in [2.75, 3.05) is 24.5 Å². The quantitative estimate of drug-likeness (QED) is 0.776. The molecule has 1 saturated heterocycles. The van der Waals surface area contributed by atoms with Crippen LogP contribution in [0.3, 0.4) is 0 Å². The van der Waals surface area contributed by atoms with Gasteiger partial charge in [0.2, 0.25) is 0 Å². The first-order valence-corrected chi connectivity index (χ1v) is 9.78. The Balaban J connectivity index is 1.89. The first-order chi connectivity index (χ1) is 12.6. The molecule has 0 unspecified atom stereocenters. The fourth-order valence-electron chi connectivity index (χ4n) is 3.99. The van der Waals surface area contributed by atoms with Gasteiger partial charge in [0.25, 0.3) is 0 Å². The van der Waals surface area contributed by atoms with Gasteiger partial charge in [0.1, 0.15) is 12.1 Å². The Morgan fingerprint density at radius 1 is 1.22 bits per heavy atom. The summed E-state index contributed by atoms with van der Waals surface area (Å²) in [6.07, 6.45) is 0.970. The number of aliphatic carboxylic acids is 1. The Labute approximate surface area is 169 Å². The van der Waals surface area contributed by atoms with E-state index in [9.17, 15) is 14.7 Å². The van der Waals surface area contributed by atoms with Crippen LogP contribution in [0.15, 0.2) is 12.1 Å². The average molecular weight is 415 g/mol. The van der Waals surface area contributed by atoms with Gasteiger partial charge in [-0.05, 0) is 45.7 Å². The number of anilines is 1. The predicted molar refractivity (Wildman–Crippen MR) is 105 cm³/mol. The van der Waals surface area contributed by atoms with E-state index in [0.29, 0.717) is 36.0 Å². The number of benzene rings is 1. The predicted octanol–water partition coefficient (Wildman–Crippen LogP) is 4.38. The molecular weight excluding hydrogens is 391 g/mol. The van der Waals surface area contributed by atoms with Gasteiger partial charge in [-0.15, -0.1) is 0 Å². The maximum atomic E-state index is 12.5. The summed E-state index contributed by atoms with van der Waals surface area (Å²) in [5.41, 5.74) is 1.16. The van der Waals surface area contributed by atoms with Crippen molar-refractivity contribution in [1.82, 2.24) is 4.90 Å². The maximum absolute atomic E-state index is 12.5. The van der Waals surface area contributed by atoms with Crippen LogP contribution in [-0.2, 0) is 9.53 Å². The molecule has 8 heteroatoms. The van der Waals surface area contributed by atoms with Gasteiger partial charge >= 0.3 is 12.1 Å². The van der Waals surface area contributed by atoms with Gasteiger partial charge in [-0.3, -0.25) is 4.79 Å². The molecular formula is C19H24Cl2N2O4. The number of carboxylic acid groups (broad SMARTS) is 1. The lowest BCUT2D eigenvalue weighted by molar-refractivity contribution is -0.135. The van der Waals surface area contributed by atoms with Gasteiger partial charge in [0.05, 0.1) is 10.0 Å². The number of likely N-dealkylation sites (tertiary alicyclic amines) is 1. The highest BCUT2D eigenvalue weighted by atomic mass is 35.5. The molecule has 0 spiro atoms. The molecule has 1 N–H and O–H groups in total. The summed E-state index contributed by atoms with van der Waals surface area (Å²) in [6.45, 7) is 6.43. The highest BCUT2D eigenvalue weighted by Crippen LogP contribution is 2.50. The largest absolute Gasteiger partial charge is 0.480 e. The van der Waals surface area contributed by atoms with Crippen molar-refractivity contribution in [2.24, 2.45) is 0 Å². The summed E-state index contributed by atoms with van der Waals surface area (Å²) in [6, 6.07) is 3.50. The Morgan fingerprint density at radius 3 is 2.52 bits per heavy atom. The molecule has 1 aromatic carbocycles. The van der Waals surface area contributed by atoms with Gasteiger partial charge < -0.3 is 19.6 Å². The number of carboxylic acids is 1. The first kappa shape index (κ1) is 20.1. The Morgan fingerprint density at radius 2 is 1.89 bits per heavy atom. The summed E-state index contributed by atoms with van der Waals surface area (Å²) in [5.74, 6) is -0.876. The minimum Gasteiger partial charge on any atom is -0.480 e. The molecule has 0 bridgehead atoms. The van der Waals surface area contributed by atoms with E-state index in [2.05, 4.69) is 0 Å². The lowest BCUT2D eigenvalue weighted by Gasteiger charge is -2.28. The number of amides is 1. The minimum absolute atomic E-state index is 0.0259. The fraction of sp³-hybridized carbons (Fsp3) is 0.579. The molecule has 0 radical (unpaired) electrons. The van der Waals surface area contributed by atoms with Gasteiger partial charge in [-0.25, -0.2) is 4.79 Å². The van der Waals surface area contributed by atoms with Gasteiger partial charge in [-0.1, -0.05) is 23.2 Å². The van der Waals surface area contributed by atoms with Crippen LogP contribution in [0.2, 0.25) is 10.0 Å². The number of ether oxygens (including phenoxy) is 1.